The van der Waals surface area contributed by atoms with E-state index in [-0.39, 0.29) is 28.2 Å². The Hall–Kier alpha value is -2.13. The molecule has 9 heteroatoms. The van der Waals surface area contributed by atoms with Crippen molar-refractivity contribution >= 4 is 21.9 Å². The monoisotopic (exact) mass is 398 g/mol. The molecule has 0 aliphatic heterocycles. The number of rotatable bonds is 6. The summed E-state index contributed by atoms with van der Waals surface area (Å²) in [5, 5.41) is 8.02. The van der Waals surface area contributed by atoms with Crippen LogP contribution in [0.25, 0.3) is 0 Å². The Balaban J connectivity index is 2.07. The zero-order chi connectivity index (χ0) is 20.0. The molecule has 1 aliphatic rings. The van der Waals surface area contributed by atoms with Crippen molar-refractivity contribution in [3.63, 3.8) is 0 Å². The van der Waals surface area contributed by atoms with Crippen LogP contribution in [0.2, 0.25) is 0 Å². The minimum atomic E-state index is -3.99. The first-order valence-corrected chi connectivity index (χ1v) is 10.5. The number of amides is 1. The lowest BCUT2D eigenvalue weighted by Crippen LogP contribution is -2.41. The van der Waals surface area contributed by atoms with Crippen LogP contribution in [-0.2, 0) is 19.6 Å². The van der Waals surface area contributed by atoms with Gasteiger partial charge in [-0.25, -0.2) is 18.4 Å². The van der Waals surface area contributed by atoms with Crippen LogP contribution < -0.4 is 15.2 Å². The number of ether oxygens (including phenoxy) is 2. The maximum atomic E-state index is 12.4. The summed E-state index contributed by atoms with van der Waals surface area (Å²) in [5.74, 6) is -1.11. The molecule has 1 amide bonds. The lowest BCUT2D eigenvalue weighted by atomic mass is 10.1. The van der Waals surface area contributed by atoms with Gasteiger partial charge in [-0.15, -0.1) is 0 Å². The van der Waals surface area contributed by atoms with Gasteiger partial charge < -0.3 is 14.8 Å². The molecule has 0 heterocycles. The van der Waals surface area contributed by atoms with Crippen molar-refractivity contribution in [3.05, 3.63) is 23.8 Å². The maximum absolute atomic E-state index is 12.4. The minimum absolute atomic E-state index is 0.0846. The van der Waals surface area contributed by atoms with Crippen LogP contribution in [-0.4, -0.2) is 39.5 Å². The number of benzene rings is 1. The number of nitrogens with one attached hydrogen (secondary N) is 1. The van der Waals surface area contributed by atoms with Crippen molar-refractivity contribution in [2.45, 2.75) is 62.5 Å². The van der Waals surface area contributed by atoms with Gasteiger partial charge in [0.25, 0.3) is 5.91 Å². The highest BCUT2D eigenvalue weighted by Crippen LogP contribution is 2.23. The van der Waals surface area contributed by atoms with E-state index in [9.17, 15) is 18.0 Å². The second-order valence-corrected chi connectivity index (χ2v) is 8.21. The molecule has 27 heavy (non-hydrogen) atoms. The number of hydrogen-bond acceptors (Lipinski definition) is 6. The second kappa shape index (κ2) is 9.18. The van der Waals surface area contributed by atoms with Crippen LogP contribution in [0.5, 0.6) is 5.75 Å². The molecule has 0 radical (unpaired) electrons. The predicted molar refractivity (Wildman–Crippen MR) is 98.9 cm³/mol. The van der Waals surface area contributed by atoms with E-state index in [0.717, 1.165) is 44.6 Å². The Morgan fingerprint density at radius 2 is 1.81 bits per heavy atom. The first-order valence-electron chi connectivity index (χ1n) is 8.94. The molecule has 8 nitrogen and oxygen atoms in total. The third-order valence-electron chi connectivity index (χ3n) is 4.57. The van der Waals surface area contributed by atoms with Crippen molar-refractivity contribution in [3.8, 4) is 5.75 Å². The quantitative estimate of drug-likeness (QED) is 0.555. The SMILES string of the molecule is COc1ccc(S(N)(=O)=O)cc1C(=O)O[C@@H](C)C(=O)NC1CCCCCC1. The van der Waals surface area contributed by atoms with Crippen molar-refractivity contribution < 1.29 is 27.5 Å². The van der Waals surface area contributed by atoms with Gasteiger partial charge in [-0.3, -0.25) is 4.79 Å². The molecule has 0 bridgehead atoms. The first-order chi connectivity index (χ1) is 12.7. The van der Waals surface area contributed by atoms with Gasteiger partial charge in [0.05, 0.1) is 12.0 Å². The van der Waals surface area contributed by atoms with E-state index in [4.69, 9.17) is 14.6 Å². The second-order valence-electron chi connectivity index (χ2n) is 6.65. The number of hydrogen-bond donors (Lipinski definition) is 2. The third kappa shape index (κ3) is 5.93. The third-order valence-corrected chi connectivity index (χ3v) is 5.48. The molecule has 2 rings (SSSR count). The molecular formula is C18H26N2O6S. The summed E-state index contributed by atoms with van der Waals surface area (Å²) in [6, 6.07) is 3.70. The fourth-order valence-electron chi connectivity index (χ4n) is 3.04. The molecule has 1 saturated carbocycles. The molecule has 0 saturated heterocycles. The number of sulfonamides is 1. The molecule has 0 unspecified atom stereocenters. The molecule has 1 fully saturated rings. The topological polar surface area (TPSA) is 125 Å². The number of methoxy groups -OCH3 is 1. The Morgan fingerprint density at radius 3 is 2.37 bits per heavy atom. The fourth-order valence-corrected chi connectivity index (χ4v) is 3.58. The summed E-state index contributed by atoms with van der Waals surface area (Å²) in [6.45, 7) is 1.47. The van der Waals surface area contributed by atoms with Crippen LogP contribution in [0.15, 0.2) is 23.1 Å². The van der Waals surface area contributed by atoms with E-state index in [1.165, 1.54) is 26.2 Å². The molecule has 0 spiro atoms. The van der Waals surface area contributed by atoms with E-state index >= 15 is 0 Å². The van der Waals surface area contributed by atoms with Crippen molar-refractivity contribution in [1.82, 2.24) is 5.32 Å². The van der Waals surface area contributed by atoms with Gasteiger partial charge >= 0.3 is 5.97 Å². The van der Waals surface area contributed by atoms with Crippen LogP contribution in [0.4, 0.5) is 0 Å². The van der Waals surface area contributed by atoms with Crippen LogP contribution in [0.1, 0.15) is 55.8 Å². The van der Waals surface area contributed by atoms with Crippen molar-refractivity contribution in [1.29, 1.82) is 0 Å². The Bertz CT molecular complexity index is 785. The predicted octanol–water partition coefficient (Wildman–Crippen LogP) is 1.73. The van der Waals surface area contributed by atoms with Crippen LogP contribution >= 0.6 is 0 Å². The first kappa shape index (κ1) is 21.2. The minimum Gasteiger partial charge on any atom is -0.496 e. The largest absolute Gasteiger partial charge is 0.496 e. The lowest BCUT2D eigenvalue weighted by molar-refractivity contribution is -0.129. The van der Waals surface area contributed by atoms with E-state index in [2.05, 4.69) is 5.32 Å². The lowest BCUT2D eigenvalue weighted by Gasteiger charge is -2.20. The highest BCUT2D eigenvalue weighted by molar-refractivity contribution is 7.89. The van der Waals surface area contributed by atoms with Gasteiger partial charge in [-0.1, -0.05) is 25.7 Å². The summed E-state index contributed by atoms with van der Waals surface area (Å²) in [6.07, 6.45) is 5.26. The summed E-state index contributed by atoms with van der Waals surface area (Å²) in [7, 11) is -2.66. The van der Waals surface area contributed by atoms with Gasteiger partial charge in [0.15, 0.2) is 6.10 Å². The smallest absolute Gasteiger partial charge is 0.342 e. The summed E-state index contributed by atoms with van der Waals surface area (Å²) in [4.78, 5) is 24.5. The highest BCUT2D eigenvalue weighted by atomic mass is 32.2. The molecule has 0 aromatic heterocycles. The normalized spacial score (nSPS) is 16.9. The van der Waals surface area contributed by atoms with Gasteiger partial charge in [0, 0.05) is 6.04 Å². The summed E-state index contributed by atoms with van der Waals surface area (Å²) < 4.78 is 33.3. The Labute approximate surface area is 159 Å². The standard InChI is InChI=1S/C18H26N2O6S/c1-12(17(21)20-13-7-5-3-4-6-8-13)26-18(22)15-11-14(27(19,23)24)9-10-16(15)25-2/h9-13H,3-8H2,1-2H3,(H,20,21)(H2,19,23,24)/t12-/m0/s1. The van der Waals surface area contributed by atoms with E-state index in [0.29, 0.717) is 0 Å². The van der Waals surface area contributed by atoms with E-state index < -0.39 is 22.1 Å². The number of carbonyl (C=O) groups is 2. The number of nitrogens with two attached hydrogens (primary N) is 1. The number of primary sulfonamides is 1. The summed E-state index contributed by atoms with van der Waals surface area (Å²) >= 11 is 0. The van der Waals surface area contributed by atoms with Gasteiger partial charge in [-0.05, 0) is 38.0 Å². The molecule has 3 N–H and O–H groups in total. The zero-order valence-electron chi connectivity index (χ0n) is 15.6. The number of carbonyl (C=O) groups excluding carboxylic acids is 2. The zero-order valence-corrected chi connectivity index (χ0v) is 16.4. The van der Waals surface area contributed by atoms with Gasteiger partial charge in [-0.2, -0.15) is 0 Å². The van der Waals surface area contributed by atoms with E-state index in [1.807, 2.05) is 0 Å². The fraction of sp³-hybridized carbons (Fsp3) is 0.556. The Kier molecular flexibility index (Phi) is 7.20. The van der Waals surface area contributed by atoms with Gasteiger partial charge in [0.2, 0.25) is 10.0 Å². The average Bonchev–Trinajstić information content (AvgIpc) is 2.88. The summed E-state index contributed by atoms with van der Waals surface area (Å²) in [5.41, 5.74) is -0.113. The average molecular weight is 398 g/mol. The van der Waals surface area contributed by atoms with Crippen LogP contribution in [0, 0.1) is 0 Å². The molecule has 1 aliphatic carbocycles. The Morgan fingerprint density at radius 1 is 1.19 bits per heavy atom. The van der Waals surface area contributed by atoms with E-state index in [1.54, 1.807) is 0 Å². The van der Waals surface area contributed by atoms with Crippen molar-refractivity contribution in [2.24, 2.45) is 5.14 Å². The number of esters is 1. The molecule has 1 atom stereocenters. The molecule has 1 aromatic rings. The van der Waals surface area contributed by atoms with Crippen LogP contribution in [0.3, 0.4) is 0 Å². The molecule has 1 aromatic carbocycles. The van der Waals surface area contributed by atoms with Crippen molar-refractivity contribution in [2.75, 3.05) is 7.11 Å². The molecule has 150 valence electrons. The maximum Gasteiger partial charge on any atom is 0.342 e. The van der Waals surface area contributed by atoms with Gasteiger partial charge in [0.1, 0.15) is 11.3 Å². The molecular weight excluding hydrogens is 372 g/mol. The highest BCUT2D eigenvalue weighted by Gasteiger charge is 2.25.